The summed E-state index contributed by atoms with van der Waals surface area (Å²) in [6.45, 7) is 3.24. The summed E-state index contributed by atoms with van der Waals surface area (Å²) in [7, 11) is -3.28. The van der Waals surface area contributed by atoms with Crippen LogP contribution in [0.4, 0.5) is 0 Å². The van der Waals surface area contributed by atoms with Gasteiger partial charge in [0, 0.05) is 0 Å². The molecule has 0 saturated carbocycles. The van der Waals surface area contributed by atoms with E-state index in [1.807, 2.05) is 12.5 Å². The van der Waals surface area contributed by atoms with E-state index in [2.05, 4.69) is 4.40 Å². The van der Waals surface area contributed by atoms with Gasteiger partial charge < -0.3 is 0 Å². The molecule has 0 bridgehead atoms. The fourth-order valence-electron chi connectivity index (χ4n) is 0.367. The monoisotopic (exact) mass is 227 g/mol. The van der Waals surface area contributed by atoms with Crippen LogP contribution in [0.5, 0.6) is 0 Å². The molecular formula is C6H13NO2S3. The third-order valence-corrected chi connectivity index (χ3v) is 4.89. The Morgan fingerprint density at radius 1 is 1.25 bits per heavy atom. The molecule has 0 rings (SSSR count). The molecule has 0 aliphatic heterocycles. The maximum absolute atomic E-state index is 11.2. The summed E-state index contributed by atoms with van der Waals surface area (Å²) in [5.74, 6) is 0. The number of sulfonamides is 1. The van der Waals surface area contributed by atoms with Gasteiger partial charge in [-0.25, -0.2) is 8.42 Å². The molecule has 0 aliphatic rings. The summed E-state index contributed by atoms with van der Waals surface area (Å²) in [5.41, 5.74) is 0. The Bertz CT molecular complexity index is 250. The second kappa shape index (κ2) is 5.14. The molecule has 0 saturated heterocycles. The van der Waals surface area contributed by atoms with Crippen molar-refractivity contribution in [2.24, 2.45) is 4.40 Å². The van der Waals surface area contributed by atoms with Crippen LogP contribution in [0, 0.1) is 0 Å². The van der Waals surface area contributed by atoms with Crippen molar-refractivity contribution in [2.45, 2.75) is 19.1 Å². The van der Waals surface area contributed by atoms with E-state index in [0.717, 1.165) is 0 Å². The van der Waals surface area contributed by atoms with Crippen LogP contribution in [0.2, 0.25) is 0 Å². The van der Waals surface area contributed by atoms with Gasteiger partial charge in [-0.1, -0.05) is 0 Å². The van der Waals surface area contributed by atoms with Crippen molar-refractivity contribution in [2.75, 3.05) is 12.5 Å². The van der Waals surface area contributed by atoms with Gasteiger partial charge in [-0.05, 0) is 26.4 Å². The first-order valence-electron chi connectivity index (χ1n) is 3.35. The van der Waals surface area contributed by atoms with Crippen LogP contribution in [0.3, 0.4) is 0 Å². The topological polar surface area (TPSA) is 46.5 Å². The Morgan fingerprint density at radius 3 is 1.92 bits per heavy atom. The lowest BCUT2D eigenvalue weighted by atomic mass is 10.6. The standard InChI is InChI=1S/C6H13NO2S3/c1-5(2)12(8,9)7-6(10-3)11-4/h5H,1-4H3. The average Bonchev–Trinajstić information content (AvgIpc) is 2.00. The van der Waals surface area contributed by atoms with Gasteiger partial charge >= 0.3 is 0 Å². The Balaban J connectivity index is 4.72. The molecule has 6 heteroatoms. The zero-order valence-electron chi connectivity index (χ0n) is 7.57. The van der Waals surface area contributed by atoms with E-state index in [4.69, 9.17) is 0 Å². The van der Waals surface area contributed by atoms with Gasteiger partial charge in [-0.15, -0.1) is 27.9 Å². The lowest BCUT2D eigenvalue weighted by Crippen LogP contribution is -2.11. The molecular weight excluding hydrogens is 214 g/mol. The van der Waals surface area contributed by atoms with Gasteiger partial charge in [0.2, 0.25) is 0 Å². The molecule has 12 heavy (non-hydrogen) atoms. The molecule has 0 amide bonds. The molecule has 0 heterocycles. The summed E-state index contributed by atoms with van der Waals surface area (Å²) < 4.78 is 26.7. The van der Waals surface area contributed by atoms with E-state index in [9.17, 15) is 8.42 Å². The zero-order chi connectivity index (χ0) is 9.78. The Kier molecular flexibility index (Phi) is 5.27. The molecule has 0 atom stereocenters. The maximum Gasteiger partial charge on any atom is 0.256 e. The SMILES string of the molecule is CSC(=NS(=O)(=O)C(C)C)SC. The molecule has 0 radical (unpaired) electrons. The van der Waals surface area contributed by atoms with E-state index in [1.54, 1.807) is 13.8 Å². The van der Waals surface area contributed by atoms with Crippen molar-refractivity contribution < 1.29 is 8.42 Å². The van der Waals surface area contributed by atoms with Gasteiger partial charge in [0.15, 0.2) is 0 Å². The number of rotatable bonds is 2. The maximum atomic E-state index is 11.2. The molecule has 72 valence electrons. The average molecular weight is 227 g/mol. The molecule has 0 N–H and O–H groups in total. The highest BCUT2D eigenvalue weighted by Crippen LogP contribution is 2.14. The normalized spacial score (nSPS) is 11.8. The third kappa shape index (κ3) is 3.82. The first kappa shape index (κ1) is 12.3. The van der Waals surface area contributed by atoms with Crippen LogP contribution < -0.4 is 0 Å². The Morgan fingerprint density at radius 2 is 1.67 bits per heavy atom. The van der Waals surface area contributed by atoms with Crippen LogP contribution in [0.25, 0.3) is 0 Å². The van der Waals surface area contributed by atoms with E-state index in [-0.39, 0.29) is 0 Å². The highest BCUT2D eigenvalue weighted by Gasteiger charge is 2.14. The van der Waals surface area contributed by atoms with Gasteiger partial charge in [0.1, 0.15) is 4.38 Å². The highest BCUT2D eigenvalue weighted by molar-refractivity contribution is 8.38. The first-order chi connectivity index (χ1) is 5.44. The highest BCUT2D eigenvalue weighted by atomic mass is 32.2. The van der Waals surface area contributed by atoms with Crippen molar-refractivity contribution in [3.8, 4) is 0 Å². The van der Waals surface area contributed by atoms with Crippen molar-refractivity contribution in [1.29, 1.82) is 0 Å². The summed E-state index contributed by atoms with van der Waals surface area (Å²) in [4.78, 5) is 0. The minimum Gasteiger partial charge on any atom is -0.204 e. The van der Waals surface area contributed by atoms with Crippen molar-refractivity contribution in [1.82, 2.24) is 0 Å². The lowest BCUT2D eigenvalue weighted by Gasteiger charge is -2.02. The fourth-order valence-corrected chi connectivity index (χ4v) is 2.67. The number of nitrogens with zero attached hydrogens (tertiary/aromatic N) is 1. The van der Waals surface area contributed by atoms with E-state index < -0.39 is 15.3 Å². The van der Waals surface area contributed by atoms with Crippen LogP contribution >= 0.6 is 23.5 Å². The molecule has 0 aliphatic carbocycles. The summed E-state index contributed by atoms with van der Waals surface area (Å²) in [6.07, 6.45) is 3.62. The van der Waals surface area contributed by atoms with E-state index in [1.165, 1.54) is 23.5 Å². The fraction of sp³-hybridized carbons (Fsp3) is 0.833. The first-order valence-corrected chi connectivity index (χ1v) is 7.31. The number of thioether (sulfide) groups is 2. The summed E-state index contributed by atoms with van der Waals surface area (Å²) in [5, 5.41) is -0.438. The minimum absolute atomic E-state index is 0.438. The van der Waals surface area contributed by atoms with E-state index >= 15 is 0 Å². The van der Waals surface area contributed by atoms with Crippen molar-refractivity contribution in [3.63, 3.8) is 0 Å². The largest absolute Gasteiger partial charge is 0.256 e. The van der Waals surface area contributed by atoms with Crippen LogP contribution in [-0.2, 0) is 10.0 Å². The molecule has 0 fully saturated rings. The molecule has 3 nitrogen and oxygen atoms in total. The molecule has 0 aromatic heterocycles. The number of hydrogen-bond donors (Lipinski definition) is 0. The predicted octanol–water partition coefficient (Wildman–Crippen LogP) is 1.81. The van der Waals surface area contributed by atoms with Gasteiger partial charge in [-0.3, -0.25) is 0 Å². The van der Waals surface area contributed by atoms with Crippen LogP contribution in [-0.4, -0.2) is 30.6 Å². The second-order valence-corrected chi connectivity index (χ2v) is 6.33. The number of hydrogen-bond acceptors (Lipinski definition) is 4. The van der Waals surface area contributed by atoms with Gasteiger partial charge in [0.05, 0.1) is 5.25 Å². The lowest BCUT2D eigenvalue weighted by molar-refractivity contribution is 0.589. The van der Waals surface area contributed by atoms with Crippen LogP contribution in [0.1, 0.15) is 13.8 Å². The third-order valence-electron chi connectivity index (χ3n) is 1.15. The smallest absolute Gasteiger partial charge is 0.204 e. The molecule has 0 unspecified atom stereocenters. The summed E-state index contributed by atoms with van der Waals surface area (Å²) >= 11 is 2.70. The molecule has 0 aromatic carbocycles. The second-order valence-electron chi connectivity index (χ2n) is 2.33. The van der Waals surface area contributed by atoms with Crippen LogP contribution in [0.15, 0.2) is 4.40 Å². The van der Waals surface area contributed by atoms with Crippen molar-refractivity contribution >= 4 is 37.9 Å². The van der Waals surface area contributed by atoms with E-state index in [0.29, 0.717) is 4.38 Å². The zero-order valence-corrected chi connectivity index (χ0v) is 10.0. The quantitative estimate of drug-likeness (QED) is 0.533. The Labute approximate surface area is 82.5 Å². The summed E-state index contributed by atoms with van der Waals surface area (Å²) in [6, 6.07) is 0. The molecule has 0 spiro atoms. The van der Waals surface area contributed by atoms with Gasteiger partial charge in [-0.2, -0.15) is 0 Å². The Hall–Kier alpha value is 0.320. The van der Waals surface area contributed by atoms with Gasteiger partial charge in [0.25, 0.3) is 10.0 Å². The minimum atomic E-state index is -3.28. The predicted molar refractivity (Wildman–Crippen MR) is 58.5 cm³/mol. The van der Waals surface area contributed by atoms with Crippen molar-refractivity contribution in [3.05, 3.63) is 0 Å². The molecule has 0 aromatic rings.